The van der Waals surface area contributed by atoms with E-state index in [1.165, 1.54) is 0 Å². The number of aliphatic carboxylic acids is 1. The summed E-state index contributed by atoms with van der Waals surface area (Å²) >= 11 is 5.87. The van der Waals surface area contributed by atoms with Crippen LogP contribution in [-0.2, 0) is 11.2 Å². The monoisotopic (exact) mass is 332 g/mol. The topological polar surface area (TPSA) is 46.5 Å². The molecule has 0 aliphatic carbocycles. The molecule has 2 aromatic carbocycles. The first-order valence-corrected chi connectivity index (χ1v) is 8.18. The van der Waals surface area contributed by atoms with Gasteiger partial charge in [-0.05, 0) is 48.2 Å². The fourth-order valence-electron chi connectivity index (χ4n) is 2.38. The van der Waals surface area contributed by atoms with E-state index in [9.17, 15) is 9.90 Å². The fraction of sp³-hybridized carbons (Fsp3) is 0.316. The molecular formula is C19H21ClO3. The number of hydrogen-bond donors (Lipinski definition) is 1. The average Bonchev–Trinajstić information content (AvgIpc) is 2.54. The normalized spacial score (nSPS) is 11.9. The minimum atomic E-state index is -0.843. The molecule has 0 aliphatic heterocycles. The summed E-state index contributed by atoms with van der Waals surface area (Å²) in [6.07, 6.45) is 2.51. The molecule has 23 heavy (non-hydrogen) atoms. The number of carboxylic acids is 1. The lowest BCUT2D eigenvalue weighted by Gasteiger charge is -2.14. The van der Waals surface area contributed by atoms with Crippen LogP contribution in [-0.4, -0.2) is 17.7 Å². The maximum atomic E-state index is 11.6. The highest BCUT2D eigenvalue weighted by Crippen LogP contribution is 2.25. The highest BCUT2D eigenvalue weighted by molar-refractivity contribution is 6.30. The van der Waals surface area contributed by atoms with Gasteiger partial charge in [0.15, 0.2) is 0 Å². The van der Waals surface area contributed by atoms with Gasteiger partial charge in [-0.1, -0.05) is 49.2 Å². The van der Waals surface area contributed by atoms with Crippen molar-refractivity contribution in [1.29, 1.82) is 0 Å². The first-order chi connectivity index (χ1) is 11.1. The van der Waals surface area contributed by atoms with Crippen molar-refractivity contribution in [2.75, 3.05) is 6.61 Å². The first kappa shape index (κ1) is 17.4. The van der Waals surface area contributed by atoms with Crippen molar-refractivity contribution < 1.29 is 14.6 Å². The van der Waals surface area contributed by atoms with Gasteiger partial charge in [0.2, 0.25) is 0 Å². The van der Waals surface area contributed by atoms with Crippen LogP contribution in [0.25, 0.3) is 0 Å². The molecule has 1 N–H and O–H groups in total. The Hall–Kier alpha value is -2.00. The molecule has 0 saturated carbocycles. The Morgan fingerprint density at radius 1 is 1.22 bits per heavy atom. The van der Waals surface area contributed by atoms with E-state index in [-0.39, 0.29) is 0 Å². The largest absolute Gasteiger partial charge is 0.494 e. The van der Waals surface area contributed by atoms with Gasteiger partial charge in [0.05, 0.1) is 12.5 Å². The number of hydrogen-bond acceptors (Lipinski definition) is 2. The zero-order chi connectivity index (χ0) is 16.7. The molecule has 0 radical (unpaired) electrons. The fourth-order valence-corrected chi connectivity index (χ4v) is 2.50. The molecule has 2 aromatic rings. The number of rotatable bonds is 8. The molecule has 0 saturated heterocycles. The Kier molecular flexibility index (Phi) is 6.48. The van der Waals surface area contributed by atoms with Crippen LogP contribution in [0.5, 0.6) is 5.75 Å². The predicted molar refractivity (Wildman–Crippen MR) is 92.4 cm³/mol. The van der Waals surface area contributed by atoms with E-state index in [2.05, 4.69) is 6.92 Å². The molecule has 122 valence electrons. The van der Waals surface area contributed by atoms with Crippen molar-refractivity contribution in [3.05, 3.63) is 64.7 Å². The van der Waals surface area contributed by atoms with Gasteiger partial charge in [-0.3, -0.25) is 4.79 Å². The van der Waals surface area contributed by atoms with Crippen molar-refractivity contribution in [2.45, 2.75) is 32.1 Å². The van der Waals surface area contributed by atoms with E-state index < -0.39 is 11.9 Å². The highest BCUT2D eigenvalue weighted by Gasteiger charge is 2.20. The summed E-state index contributed by atoms with van der Waals surface area (Å²) in [6, 6.07) is 14.6. The summed E-state index contributed by atoms with van der Waals surface area (Å²) in [6.45, 7) is 2.79. The predicted octanol–water partition coefficient (Wildman–Crippen LogP) is 4.93. The van der Waals surface area contributed by atoms with Crippen LogP contribution in [0.2, 0.25) is 5.02 Å². The van der Waals surface area contributed by atoms with Crippen LogP contribution < -0.4 is 4.74 Å². The Bertz CT molecular complexity index is 637. The van der Waals surface area contributed by atoms with Crippen molar-refractivity contribution in [3.8, 4) is 5.75 Å². The Labute approximate surface area is 141 Å². The van der Waals surface area contributed by atoms with Crippen LogP contribution in [0.3, 0.4) is 0 Å². The van der Waals surface area contributed by atoms with Crippen molar-refractivity contribution in [1.82, 2.24) is 0 Å². The summed E-state index contributed by atoms with van der Waals surface area (Å²) < 4.78 is 5.69. The van der Waals surface area contributed by atoms with Crippen LogP contribution in [0.15, 0.2) is 48.5 Å². The third kappa shape index (κ3) is 5.29. The molecule has 0 amide bonds. The van der Waals surface area contributed by atoms with Crippen LogP contribution in [0, 0.1) is 0 Å². The summed E-state index contributed by atoms with van der Waals surface area (Å²) in [7, 11) is 0. The number of halogens is 1. The lowest BCUT2D eigenvalue weighted by Crippen LogP contribution is -2.14. The van der Waals surface area contributed by atoms with Gasteiger partial charge in [-0.25, -0.2) is 0 Å². The molecule has 1 unspecified atom stereocenters. The minimum absolute atomic E-state index is 0.419. The molecule has 0 bridgehead atoms. The molecule has 0 heterocycles. The lowest BCUT2D eigenvalue weighted by atomic mass is 9.92. The van der Waals surface area contributed by atoms with Crippen molar-refractivity contribution in [3.63, 3.8) is 0 Å². The van der Waals surface area contributed by atoms with Crippen LogP contribution in [0.4, 0.5) is 0 Å². The molecule has 2 rings (SSSR count). The number of unbranched alkanes of at least 4 members (excludes halogenated alkanes) is 1. The van der Waals surface area contributed by atoms with E-state index in [4.69, 9.17) is 16.3 Å². The Morgan fingerprint density at radius 2 is 1.96 bits per heavy atom. The summed E-state index contributed by atoms with van der Waals surface area (Å²) in [4.78, 5) is 11.6. The molecule has 3 nitrogen and oxygen atoms in total. The zero-order valence-corrected chi connectivity index (χ0v) is 13.9. The second-order valence-corrected chi connectivity index (χ2v) is 5.93. The molecule has 0 fully saturated rings. The maximum Gasteiger partial charge on any atom is 0.311 e. The van der Waals surface area contributed by atoms with Gasteiger partial charge in [0.25, 0.3) is 0 Å². The molecule has 0 spiro atoms. The second-order valence-electron chi connectivity index (χ2n) is 5.50. The van der Waals surface area contributed by atoms with E-state index >= 15 is 0 Å². The Balaban J connectivity index is 2.12. The van der Waals surface area contributed by atoms with E-state index in [0.717, 1.165) is 29.7 Å². The zero-order valence-electron chi connectivity index (χ0n) is 13.2. The van der Waals surface area contributed by atoms with Gasteiger partial charge in [0.1, 0.15) is 5.75 Å². The third-order valence-electron chi connectivity index (χ3n) is 3.68. The number of carboxylic acid groups (broad SMARTS) is 1. The van der Waals surface area contributed by atoms with Gasteiger partial charge in [-0.2, -0.15) is 0 Å². The average molecular weight is 333 g/mol. The van der Waals surface area contributed by atoms with Crippen molar-refractivity contribution in [2.24, 2.45) is 0 Å². The summed E-state index contributed by atoms with van der Waals surface area (Å²) in [5.74, 6) is -0.654. The van der Waals surface area contributed by atoms with Gasteiger partial charge < -0.3 is 9.84 Å². The third-order valence-corrected chi connectivity index (χ3v) is 3.93. The maximum absolute atomic E-state index is 11.6. The highest BCUT2D eigenvalue weighted by atomic mass is 35.5. The summed E-state index contributed by atoms with van der Waals surface area (Å²) in [5, 5.41) is 10.1. The molecule has 0 aromatic heterocycles. The van der Waals surface area contributed by atoms with E-state index in [1.807, 2.05) is 24.3 Å². The summed E-state index contributed by atoms with van der Waals surface area (Å²) in [5.41, 5.74) is 1.69. The van der Waals surface area contributed by atoms with Crippen LogP contribution >= 0.6 is 11.6 Å². The standard InChI is InChI=1S/C19H21ClO3/c1-2-3-11-23-17-6-4-5-14(12-17)13-18(19(21)22)15-7-9-16(20)10-8-15/h4-10,12,18H,2-3,11,13H2,1H3,(H,21,22). The lowest BCUT2D eigenvalue weighted by molar-refractivity contribution is -0.138. The number of ether oxygens (including phenoxy) is 1. The number of benzene rings is 2. The van der Waals surface area contributed by atoms with Crippen molar-refractivity contribution >= 4 is 17.6 Å². The Morgan fingerprint density at radius 3 is 2.61 bits per heavy atom. The van der Waals surface area contributed by atoms with Gasteiger partial charge in [-0.15, -0.1) is 0 Å². The molecular weight excluding hydrogens is 312 g/mol. The smallest absolute Gasteiger partial charge is 0.311 e. The molecule has 4 heteroatoms. The molecule has 1 atom stereocenters. The van der Waals surface area contributed by atoms with Crippen LogP contribution in [0.1, 0.15) is 36.8 Å². The molecule has 0 aliphatic rings. The minimum Gasteiger partial charge on any atom is -0.494 e. The van der Waals surface area contributed by atoms with E-state index in [0.29, 0.717) is 18.1 Å². The quantitative estimate of drug-likeness (QED) is 0.697. The first-order valence-electron chi connectivity index (χ1n) is 7.80. The van der Waals surface area contributed by atoms with E-state index in [1.54, 1.807) is 24.3 Å². The van der Waals surface area contributed by atoms with Gasteiger partial charge in [0, 0.05) is 5.02 Å². The second kappa shape index (κ2) is 8.59. The SMILES string of the molecule is CCCCOc1cccc(CC(C(=O)O)c2ccc(Cl)cc2)c1. The van der Waals surface area contributed by atoms with Gasteiger partial charge >= 0.3 is 5.97 Å². The number of carbonyl (C=O) groups is 1.